The van der Waals surface area contributed by atoms with E-state index in [4.69, 9.17) is 9.72 Å². The van der Waals surface area contributed by atoms with Gasteiger partial charge in [-0.1, -0.05) is 35.4 Å². The van der Waals surface area contributed by atoms with Gasteiger partial charge < -0.3 is 10.1 Å². The molecule has 4 aromatic rings. The molecule has 154 valence electrons. The number of nitrogens with one attached hydrogen (secondary N) is 1. The summed E-state index contributed by atoms with van der Waals surface area (Å²) in [6.07, 6.45) is 3.49. The lowest BCUT2D eigenvalue weighted by atomic mass is 10.0. The highest BCUT2D eigenvalue weighted by molar-refractivity contribution is 7.19. The summed E-state index contributed by atoms with van der Waals surface area (Å²) in [5, 5.41) is 16.9. The third-order valence-corrected chi connectivity index (χ3v) is 7.17. The fourth-order valence-corrected chi connectivity index (χ4v) is 5.83. The van der Waals surface area contributed by atoms with Crippen LogP contribution < -0.4 is 5.32 Å². The number of anilines is 1. The van der Waals surface area contributed by atoms with Crippen molar-refractivity contribution >= 4 is 33.1 Å². The lowest BCUT2D eigenvalue weighted by Gasteiger charge is -2.27. The molecule has 5 heterocycles. The Hall–Kier alpha value is -2.62. The molecule has 3 aromatic heterocycles. The molecule has 0 amide bonds. The molecule has 1 fully saturated rings. The molecule has 0 bridgehead atoms. The Morgan fingerprint density at radius 2 is 2.17 bits per heavy atom. The van der Waals surface area contributed by atoms with E-state index in [-0.39, 0.29) is 6.10 Å². The van der Waals surface area contributed by atoms with Gasteiger partial charge in [0.2, 0.25) is 0 Å². The second kappa shape index (κ2) is 7.57. The molecule has 2 aliphatic heterocycles. The molecule has 0 saturated carbocycles. The van der Waals surface area contributed by atoms with E-state index in [2.05, 4.69) is 56.1 Å². The first-order valence-electron chi connectivity index (χ1n) is 10.5. The fraction of sp³-hybridized carbons (Fsp3) is 0.429. The number of nitrogens with zero attached hydrogens (tertiary/aromatic N) is 6. The Morgan fingerprint density at radius 1 is 1.23 bits per heavy atom. The van der Waals surface area contributed by atoms with E-state index >= 15 is 0 Å². The van der Waals surface area contributed by atoms with Crippen LogP contribution in [0.5, 0.6) is 0 Å². The van der Waals surface area contributed by atoms with Gasteiger partial charge in [0, 0.05) is 37.7 Å². The molecule has 2 aliphatic rings. The van der Waals surface area contributed by atoms with Crippen molar-refractivity contribution < 1.29 is 4.74 Å². The van der Waals surface area contributed by atoms with Gasteiger partial charge in [0.15, 0.2) is 0 Å². The minimum Gasteiger partial charge on any atom is -0.376 e. The maximum atomic E-state index is 5.78. The van der Waals surface area contributed by atoms with E-state index in [1.54, 1.807) is 15.9 Å². The predicted molar refractivity (Wildman–Crippen MR) is 116 cm³/mol. The number of aromatic nitrogens is 5. The van der Waals surface area contributed by atoms with Crippen LogP contribution in [0.25, 0.3) is 16.0 Å². The Balaban J connectivity index is 1.35. The van der Waals surface area contributed by atoms with Gasteiger partial charge in [-0.05, 0) is 40.8 Å². The zero-order chi connectivity index (χ0) is 19.9. The molecule has 1 saturated heterocycles. The number of hydrogen-bond acceptors (Lipinski definition) is 8. The van der Waals surface area contributed by atoms with E-state index < -0.39 is 0 Å². The lowest BCUT2D eigenvalue weighted by molar-refractivity contribution is 0.120. The third kappa shape index (κ3) is 3.23. The number of rotatable bonds is 5. The average molecular weight is 422 g/mol. The van der Waals surface area contributed by atoms with Gasteiger partial charge in [0.25, 0.3) is 5.78 Å². The first-order valence-corrected chi connectivity index (χ1v) is 11.3. The normalized spacial score (nSPS) is 19.5. The van der Waals surface area contributed by atoms with Crippen LogP contribution in [0.15, 0.2) is 30.3 Å². The van der Waals surface area contributed by atoms with Gasteiger partial charge in [-0.15, -0.1) is 11.3 Å². The number of hydrogen-bond donors (Lipinski definition) is 1. The van der Waals surface area contributed by atoms with Crippen molar-refractivity contribution in [1.82, 2.24) is 29.9 Å². The summed E-state index contributed by atoms with van der Waals surface area (Å²) in [4.78, 5) is 9.72. The summed E-state index contributed by atoms with van der Waals surface area (Å²) in [7, 11) is 0. The number of tetrazole rings is 1. The minimum absolute atomic E-state index is 0.255. The van der Waals surface area contributed by atoms with Gasteiger partial charge in [-0.25, -0.2) is 0 Å². The number of fused-ring (bicyclic) bond motifs is 5. The molecule has 30 heavy (non-hydrogen) atoms. The minimum atomic E-state index is 0.255. The van der Waals surface area contributed by atoms with Crippen LogP contribution in [0.3, 0.4) is 0 Å². The highest BCUT2D eigenvalue weighted by Gasteiger charge is 2.26. The number of ether oxygens (including phenoxy) is 1. The Labute approximate surface area is 177 Å². The van der Waals surface area contributed by atoms with Crippen LogP contribution >= 0.6 is 11.3 Å². The molecule has 9 heteroatoms. The second-order valence-electron chi connectivity index (χ2n) is 8.00. The smallest absolute Gasteiger partial charge is 0.276 e. The van der Waals surface area contributed by atoms with Crippen LogP contribution in [0, 0.1) is 0 Å². The zero-order valence-corrected chi connectivity index (χ0v) is 17.4. The Bertz CT molecular complexity index is 1180. The van der Waals surface area contributed by atoms with E-state index in [0.717, 1.165) is 62.7 Å². The van der Waals surface area contributed by atoms with Crippen LogP contribution in [-0.4, -0.2) is 55.7 Å². The number of thiophene rings is 1. The first kappa shape index (κ1) is 18.2. The van der Waals surface area contributed by atoms with Gasteiger partial charge in [-0.2, -0.15) is 9.50 Å². The van der Waals surface area contributed by atoms with Crippen LogP contribution in [-0.2, 0) is 24.2 Å². The van der Waals surface area contributed by atoms with Crippen molar-refractivity contribution in [2.45, 2.75) is 38.5 Å². The third-order valence-electron chi connectivity index (χ3n) is 5.98. The van der Waals surface area contributed by atoms with E-state index in [9.17, 15) is 0 Å². The van der Waals surface area contributed by atoms with Gasteiger partial charge in [-0.3, -0.25) is 4.90 Å². The monoisotopic (exact) mass is 421 g/mol. The highest BCUT2D eigenvalue weighted by atomic mass is 32.1. The van der Waals surface area contributed by atoms with Crippen molar-refractivity contribution in [3.63, 3.8) is 0 Å². The molecule has 0 spiro atoms. The summed E-state index contributed by atoms with van der Waals surface area (Å²) in [6, 6.07) is 10.7. The Kier molecular flexibility index (Phi) is 4.59. The van der Waals surface area contributed by atoms with Gasteiger partial charge >= 0.3 is 0 Å². The summed E-state index contributed by atoms with van der Waals surface area (Å²) in [6.45, 7) is 4.57. The molecular formula is C21H23N7OS. The van der Waals surface area contributed by atoms with Crippen LogP contribution in [0.2, 0.25) is 0 Å². The lowest BCUT2D eigenvalue weighted by Crippen LogP contribution is -2.29. The van der Waals surface area contributed by atoms with Crippen molar-refractivity contribution in [2.24, 2.45) is 0 Å². The molecule has 1 atom stereocenters. The largest absolute Gasteiger partial charge is 0.376 e. The maximum absolute atomic E-state index is 5.78. The summed E-state index contributed by atoms with van der Waals surface area (Å²) in [5.74, 6) is 1.42. The molecule has 8 nitrogen and oxygen atoms in total. The molecular weight excluding hydrogens is 398 g/mol. The standard InChI is InChI=1S/C21H23N7OS/c1-2-5-14(6-3-1)12-27-9-8-16-17(13-27)30-20-18(16)19(22-11-15-7-4-10-29-15)23-21-24-25-26-28(20)21/h1-3,5-6,15H,4,7-13H2,(H,22,23,24,26)/t15-/m0/s1. The highest BCUT2D eigenvalue weighted by Crippen LogP contribution is 2.38. The van der Waals surface area contributed by atoms with E-state index in [1.165, 1.54) is 21.4 Å². The fourth-order valence-electron chi connectivity index (χ4n) is 4.50. The SMILES string of the molecule is c1ccc(CN2CCc3c(sc4c3c(NC[C@@H]3CCCO3)nc3nnnn34)C2)cc1. The predicted octanol–water partition coefficient (Wildman–Crippen LogP) is 2.88. The topological polar surface area (TPSA) is 80.5 Å². The second-order valence-corrected chi connectivity index (χ2v) is 9.08. The quantitative estimate of drug-likeness (QED) is 0.531. The van der Waals surface area contributed by atoms with Crippen molar-refractivity contribution in [1.29, 1.82) is 0 Å². The van der Waals surface area contributed by atoms with Crippen molar-refractivity contribution in [2.75, 3.05) is 25.0 Å². The van der Waals surface area contributed by atoms with Crippen LogP contribution in [0.4, 0.5) is 5.82 Å². The van der Waals surface area contributed by atoms with Crippen molar-refractivity contribution in [3.05, 3.63) is 46.3 Å². The molecule has 0 radical (unpaired) electrons. The summed E-state index contributed by atoms with van der Waals surface area (Å²) >= 11 is 1.79. The average Bonchev–Trinajstić information content (AvgIpc) is 3.51. The Morgan fingerprint density at radius 3 is 3.03 bits per heavy atom. The zero-order valence-electron chi connectivity index (χ0n) is 16.6. The van der Waals surface area contributed by atoms with Crippen molar-refractivity contribution in [3.8, 4) is 0 Å². The molecule has 1 aromatic carbocycles. The molecule has 1 N–H and O–H groups in total. The molecule has 6 rings (SSSR count). The summed E-state index contributed by atoms with van der Waals surface area (Å²) < 4.78 is 7.56. The van der Waals surface area contributed by atoms with Gasteiger partial charge in [0.1, 0.15) is 10.6 Å². The first-order chi connectivity index (χ1) is 14.8. The van der Waals surface area contributed by atoms with E-state index in [0.29, 0.717) is 5.78 Å². The maximum Gasteiger partial charge on any atom is 0.276 e. The van der Waals surface area contributed by atoms with Crippen LogP contribution in [0.1, 0.15) is 28.8 Å². The van der Waals surface area contributed by atoms with Gasteiger partial charge in [0.05, 0.1) is 11.5 Å². The summed E-state index contributed by atoms with van der Waals surface area (Å²) in [5.41, 5.74) is 2.74. The van der Waals surface area contributed by atoms with E-state index in [1.807, 2.05) is 0 Å². The molecule has 0 unspecified atom stereocenters. The number of benzene rings is 1. The molecule has 0 aliphatic carbocycles.